The summed E-state index contributed by atoms with van der Waals surface area (Å²) in [5.41, 5.74) is 0. The van der Waals surface area contributed by atoms with Gasteiger partial charge in [-0.2, -0.15) is 0 Å². The molecule has 0 aromatic carbocycles. The van der Waals surface area contributed by atoms with Crippen molar-refractivity contribution in [1.82, 2.24) is 4.98 Å². The molecule has 0 saturated heterocycles. The Kier molecular flexibility index (Phi) is 10.9. The quantitative estimate of drug-likeness (QED) is 0.445. The normalized spacial score (nSPS) is 5.71. The van der Waals surface area contributed by atoms with Gasteiger partial charge in [-0.1, -0.05) is 7.43 Å². The molecular formula is C4H9N2Rb+2. The topological polar surface area (TPSA) is 29.9 Å². The minimum atomic E-state index is 0. The van der Waals surface area contributed by atoms with Crippen molar-refractivity contribution in [2.45, 2.75) is 7.43 Å². The standard InChI is InChI=1S/C3H4N2.CH4.Rb/c1-2-5-3-4-1;;/h1-3H,(H,4,5);1H4;/q;;+1/p+1. The summed E-state index contributed by atoms with van der Waals surface area (Å²) in [6.07, 6.45) is 5.39. The largest absolute Gasteiger partial charge is 1.00 e. The Morgan fingerprint density at radius 2 is 2.14 bits per heavy atom. The average Bonchev–Trinajstić information content (AvgIpc) is 1.76. The van der Waals surface area contributed by atoms with E-state index < -0.39 is 0 Å². The number of imidazole rings is 1. The molecule has 1 aromatic heterocycles. The second-order valence-electron chi connectivity index (χ2n) is 0.811. The predicted molar refractivity (Wildman–Crippen MR) is 24.1 cm³/mol. The molecule has 0 fully saturated rings. The van der Waals surface area contributed by atoms with Crippen LogP contribution in [0.3, 0.4) is 0 Å². The first-order valence-electron chi connectivity index (χ1n) is 1.49. The van der Waals surface area contributed by atoms with Gasteiger partial charge in [0.25, 0.3) is 0 Å². The van der Waals surface area contributed by atoms with Crippen molar-refractivity contribution in [2.24, 2.45) is 0 Å². The van der Waals surface area contributed by atoms with E-state index >= 15 is 0 Å². The van der Waals surface area contributed by atoms with Crippen molar-refractivity contribution in [3.8, 4) is 0 Å². The zero-order valence-corrected chi connectivity index (χ0v) is 8.65. The van der Waals surface area contributed by atoms with Crippen LogP contribution in [0, 0.1) is 0 Å². The monoisotopic (exact) mass is 170 g/mol. The van der Waals surface area contributed by atoms with Gasteiger partial charge in [0, 0.05) is 0 Å². The molecule has 1 aromatic rings. The second kappa shape index (κ2) is 7.02. The van der Waals surface area contributed by atoms with Crippen molar-refractivity contribution in [3.05, 3.63) is 18.7 Å². The molecule has 0 aliphatic heterocycles. The number of hydrogen-bond acceptors (Lipinski definition) is 0. The predicted octanol–water partition coefficient (Wildman–Crippen LogP) is -2.53. The molecule has 0 aliphatic carbocycles. The Morgan fingerprint density at radius 3 is 2.29 bits per heavy atom. The molecule has 0 radical (unpaired) electrons. The van der Waals surface area contributed by atoms with Gasteiger partial charge in [-0.3, -0.25) is 9.97 Å². The number of aromatic nitrogens is 2. The zero-order valence-electron chi connectivity index (χ0n) is 3.73. The summed E-state index contributed by atoms with van der Waals surface area (Å²) in [6.45, 7) is 0. The van der Waals surface area contributed by atoms with Crippen LogP contribution in [0.4, 0.5) is 0 Å². The van der Waals surface area contributed by atoms with E-state index in [-0.39, 0.29) is 65.6 Å². The summed E-state index contributed by atoms with van der Waals surface area (Å²) in [4.78, 5) is 5.61. The van der Waals surface area contributed by atoms with Crippen molar-refractivity contribution in [1.29, 1.82) is 0 Å². The molecule has 1 rings (SSSR count). The Labute approximate surface area is 92.5 Å². The van der Waals surface area contributed by atoms with Crippen LogP contribution in [0.15, 0.2) is 18.7 Å². The van der Waals surface area contributed by atoms with Gasteiger partial charge in [0.2, 0.25) is 6.33 Å². The maximum Gasteiger partial charge on any atom is 1.00 e. The molecule has 0 atom stereocenters. The van der Waals surface area contributed by atoms with Crippen LogP contribution in [0.1, 0.15) is 7.43 Å². The molecule has 1 heterocycles. The maximum absolute atomic E-state index is 2.81. The van der Waals surface area contributed by atoms with E-state index in [2.05, 4.69) is 9.97 Å². The molecule has 34 valence electrons. The number of aromatic amines is 2. The third-order valence-corrected chi connectivity index (χ3v) is 0.442. The Morgan fingerprint density at radius 1 is 1.43 bits per heavy atom. The van der Waals surface area contributed by atoms with Crippen LogP contribution in [0.25, 0.3) is 0 Å². The van der Waals surface area contributed by atoms with E-state index in [0.717, 1.165) is 0 Å². The van der Waals surface area contributed by atoms with Crippen molar-refractivity contribution >= 4 is 0 Å². The first-order valence-corrected chi connectivity index (χ1v) is 1.49. The molecule has 0 amide bonds. The number of H-pyrrole nitrogens is 2. The SMILES string of the molecule is C.[Rb+].c1c[nH+]c[nH]1. The number of hydrogen-bond donors (Lipinski definition) is 1. The number of rotatable bonds is 0. The van der Waals surface area contributed by atoms with Crippen LogP contribution < -0.4 is 63.2 Å². The average molecular weight is 171 g/mol. The molecule has 2 N–H and O–H groups in total. The van der Waals surface area contributed by atoms with Gasteiger partial charge < -0.3 is 0 Å². The molecule has 0 bridgehead atoms. The van der Waals surface area contributed by atoms with Crippen LogP contribution in [0.5, 0.6) is 0 Å². The maximum atomic E-state index is 2.81. The fraction of sp³-hybridized carbons (Fsp3) is 0.250. The summed E-state index contributed by atoms with van der Waals surface area (Å²) >= 11 is 0. The Balaban J connectivity index is 0. The molecule has 2 nitrogen and oxygen atoms in total. The van der Waals surface area contributed by atoms with E-state index in [0.29, 0.717) is 0 Å². The van der Waals surface area contributed by atoms with Crippen molar-refractivity contribution in [3.63, 3.8) is 0 Å². The van der Waals surface area contributed by atoms with Gasteiger partial charge in [-0.05, 0) is 0 Å². The van der Waals surface area contributed by atoms with Gasteiger partial charge in [0.15, 0.2) is 0 Å². The first kappa shape index (κ1) is 10.9. The van der Waals surface area contributed by atoms with Crippen molar-refractivity contribution < 1.29 is 63.2 Å². The minimum Gasteiger partial charge on any atom is -0.250 e. The summed E-state index contributed by atoms with van der Waals surface area (Å²) in [5.74, 6) is 0. The van der Waals surface area contributed by atoms with E-state index in [1.165, 1.54) is 0 Å². The minimum absolute atomic E-state index is 0. The summed E-state index contributed by atoms with van der Waals surface area (Å²) in [7, 11) is 0. The second-order valence-corrected chi connectivity index (χ2v) is 0.811. The molecule has 3 heteroatoms. The Bertz CT molecular complexity index is 66.2. The van der Waals surface area contributed by atoms with E-state index in [9.17, 15) is 0 Å². The van der Waals surface area contributed by atoms with Crippen LogP contribution >= 0.6 is 0 Å². The Hall–Kier alpha value is 1.02. The van der Waals surface area contributed by atoms with Gasteiger partial charge in [-0.25, -0.2) is 0 Å². The fourth-order valence-corrected chi connectivity index (χ4v) is 0.241. The first-order chi connectivity index (χ1) is 2.50. The van der Waals surface area contributed by atoms with E-state index in [1.54, 1.807) is 6.33 Å². The molecule has 0 spiro atoms. The molecule has 7 heavy (non-hydrogen) atoms. The molecule has 0 unspecified atom stereocenters. The van der Waals surface area contributed by atoms with Gasteiger partial charge in [0.1, 0.15) is 12.4 Å². The fourth-order valence-electron chi connectivity index (χ4n) is 0.241. The van der Waals surface area contributed by atoms with Crippen LogP contribution in [-0.2, 0) is 0 Å². The van der Waals surface area contributed by atoms with Crippen LogP contribution in [-0.4, -0.2) is 4.98 Å². The van der Waals surface area contributed by atoms with E-state index in [4.69, 9.17) is 0 Å². The third-order valence-electron chi connectivity index (χ3n) is 0.442. The summed E-state index contributed by atoms with van der Waals surface area (Å²) in [6, 6.07) is 0. The van der Waals surface area contributed by atoms with E-state index in [1.807, 2.05) is 12.4 Å². The summed E-state index contributed by atoms with van der Waals surface area (Å²) in [5, 5.41) is 0. The van der Waals surface area contributed by atoms with Gasteiger partial charge >= 0.3 is 58.2 Å². The number of nitrogens with one attached hydrogen (secondary N) is 2. The van der Waals surface area contributed by atoms with Crippen molar-refractivity contribution in [2.75, 3.05) is 0 Å². The third kappa shape index (κ3) is 4.88. The smallest absolute Gasteiger partial charge is 0.250 e. The molecule has 0 aliphatic rings. The molecule has 0 saturated carbocycles. The summed E-state index contributed by atoms with van der Waals surface area (Å²) < 4.78 is 0. The zero-order chi connectivity index (χ0) is 3.54. The van der Waals surface area contributed by atoms with Gasteiger partial charge in [0.05, 0.1) is 0 Å². The van der Waals surface area contributed by atoms with Gasteiger partial charge in [-0.15, -0.1) is 0 Å². The van der Waals surface area contributed by atoms with Crippen LogP contribution in [0.2, 0.25) is 0 Å². The molecular weight excluding hydrogens is 162 g/mol.